The van der Waals surface area contributed by atoms with Crippen LogP contribution in [0.1, 0.15) is 24.0 Å². The Morgan fingerprint density at radius 1 is 1.00 bits per heavy atom. The Bertz CT molecular complexity index is 1300. The molecule has 5 heteroatoms. The van der Waals surface area contributed by atoms with Crippen molar-refractivity contribution in [2.24, 2.45) is 0 Å². The number of nitrogens with zero attached hydrogens (tertiary/aromatic N) is 1. The number of pyridine rings is 1. The smallest absolute Gasteiger partial charge is 0.260 e. The molecule has 0 aliphatic carbocycles. The van der Waals surface area contributed by atoms with Gasteiger partial charge in [-0.1, -0.05) is 43.3 Å². The van der Waals surface area contributed by atoms with Gasteiger partial charge in [-0.25, -0.2) is 0 Å². The maximum atomic E-state index is 12.6. The number of hydrogen-bond donors (Lipinski definition) is 3. The van der Waals surface area contributed by atoms with Crippen LogP contribution < -0.4 is 5.56 Å². The van der Waals surface area contributed by atoms with Crippen LogP contribution in [0.15, 0.2) is 53.3 Å². The summed E-state index contributed by atoms with van der Waals surface area (Å²) >= 11 is 0. The van der Waals surface area contributed by atoms with Crippen molar-refractivity contribution in [1.29, 1.82) is 0 Å². The molecule has 0 amide bonds. The standard InChI is InChI=1S/C25H26N2O3/c1-14-12-20(29)21(17-10-8-16(9-11-17)15(2)13-27(3)4)23-18-6-5-7-19(28)22(18)25(30)26-24(14)23/h5-12,15,28-29H,13H2,1-4H3,(H,26,30)/t15-/m0/s1. The molecule has 3 N–H and O–H groups in total. The van der Waals surface area contributed by atoms with Gasteiger partial charge in [-0.2, -0.15) is 0 Å². The van der Waals surface area contributed by atoms with Crippen molar-refractivity contribution in [3.8, 4) is 22.6 Å². The highest BCUT2D eigenvalue weighted by Crippen LogP contribution is 2.41. The number of fused-ring (bicyclic) bond motifs is 3. The molecule has 1 heterocycles. The number of aromatic nitrogens is 1. The molecule has 1 aromatic heterocycles. The fourth-order valence-electron chi connectivity index (χ4n) is 4.32. The van der Waals surface area contributed by atoms with Gasteiger partial charge in [0.05, 0.1) is 10.9 Å². The van der Waals surface area contributed by atoms with E-state index < -0.39 is 0 Å². The predicted molar refractivity (Wildman–Crippen MR) is 123 cm³/mol. The lowest BCUT2D eigenvalue weighted by atomic mass is 9.91. The minimum atomic E-state index is -0.344. The maximum Gasteiger partial charge on any atom is 0.260 e. The molecule has 0 unspecified atom stereocenters. The summed E-state index contributed by atoms with van der Waals surface area (Å²) in [6.07, 6.45) is 0. The van der Waals surface area contributed by atoms with E-state index in [2.05, 4.69) is 43.0 Å². The molecule has 0 fully saturated rings. The monoisotopic (exact) mass is 402 g/mol. The highest BCUT2D eigenvalue weighted by Gasteiger charge is 2.18. The number of rotatable bonds is 4. The number of benzene rings is 3. The zero-order valence-electron chi connectivity index (χ0n) is 17.7. The number of H-pyrrole nitrogens is 1. The number of nitrogens with one attached hydrogen (secondary N) is 1. The molecule has 0 saturated heterocycles. The van der Waals surface area contributed by atoms with E-state index in [0.29, 0.717) is 22.4 Å². The lowest BCUT2D eigenvalue weighted by molar-refractivity contribution is 0.383. The third-order valence-electron chi connectivity index (χ3n) is 5.69. The molecule has 0 bridgehead atoms. The van der Waals surface area contributed by atoms with Gasteiger partial charge >= 0.3 is 0 Å². The minimum Gasteiger partial charge on any atom is -0.507 e. The van der Waals surface area contributed by atoms with Crippen LogP contribution in [0.5, 0.6) is 11.5 Å². The van der Waals surface area contributed by atoms with Gasteiger partial charge < -0.3 is 20.1 Å². The van der Waals surface area contributed by atoms with Gasteiger partial charge in [0.25, 0.3) is 5.56 Å². The maximum absolute atomic E-state index is 12.6. The molecule has 4 aromatic rings. The van der Waals surface area contributed by atoms with Crippen molar-refractivity contribution < 1.29 is 10.2 Å². The lowest BCUT2D eigenvalue weighted by Gasteiger charge is -2.18. The molecule has 154 valence electrons. The summed E-state index contributed by atoms with van der Waals surface area (Å²) in [6.45, 7) is 4.99. The van der Waals surface area contributed by atoms with Crippen LogP contribution in [-0.4, -0.2) is 40.7 Å². The first-order valence-corrected chi connectivity index (χ1v) is 10.0. The lowest BCUT2D eigenvalue weighted by Crippen LogP contribution is -2.18. The van der Waals surface area contributed by atoms with Gasteiger partial charge in [-0.15, -0.1) is 0 Å². The second-order valence-corrected chi connectivity index (χ2v) is 8.28. The molecule has 3 aromatic carbocycles. The third kappa shape index (κ3) is 3.31. The Labute approximate surface area is 175 Å². The largest absolute Gasteiger partial charge is 0.507 e. The van der Waals surface area contributed by atoms with Gasteiger partial charge in [0, 0.05) is 22.9 Å². The first-order chi connectivity index (χ1) is 14.3. The Hall–Kier alpha value is -3.31. The average molecular weight is 402 g/mol. The Morgan fingerprint density at radius 3 is 2.37 bits per heavy atom. The molecular formula is C25H26N2O3. The number of aromatic amines is 1. The van der Waals surface area contributed by atoms with E-state index in [1.807, 2.05) is 25.1 Å². The second-order valence-electron chi connectivity index (χ2n) is 8.28. The first kappa shape index (κ1) is 20.0. The highest BCUT2D eigenvalue weighted by molar-refractivity contribution is 6.15. The summed E-state index contributed by atoms with van der Waals surface area (Å²) in [5.74, 6) is 0.452. The number of phenols is 2. The number of likely N-dealkylation sites (N-methyl/N-ethyl adjacent to an activating group) is 1. The van der Waals surface area contributed by atoms with Crippen LogP contribution in [0.2, 0.25) is 0 Å². The van der Waals surface area contributed by atoms with Crippen LogP contribution in [0.25, 0.3) is 32.8 Å². The van der Waals surface area contributed by atoms with Gasteiger partial charge in [-0.3, -0.25) is 4.79 Å². The van der Waals surface area contributed by atoms with Gasteiger partial charge in [-0.05, 0) is 55.8 Å². The van der Waals surface area contributed by atoms with E-state index in [0.717, 1.165) is 23.1 Å². The van der Waals surface area contributed by atoms with Gasteiger partial charge in [0.15, 0.2) is 0 Å². The van der Waals surface area contributed by atoms with Gasteiger partial charge in [0.1, 0.15) is 11.5 Å². The average Bonchev–Trinajstić information content (AvgIpc) is 2.69. The molecule has 0 spiro atoms. The fraction of sp³-hybridized carbons (Fsp3) is 0.240. The normalized spacial score (nSPS) is 12.7. The topological polar surface area (TPSA) is 76.6 Å². The summed E-state index contributed by atoms with van der Waals surface area (Å²) in [7, 11) is 4.12. The molecule has 0 aliphatic rings. The van der Waals surface area contributed by atoms with E-state index in [1.165, 1.54) is 11.6 Å². The summed E-state index contributed by atoms with van der Waals surface area (Å²) in [5.41, 5.74) is 3.81. The van der Waals surface area contributed by atoms with Crippen LogP contribution >= 0.6 is 0 Å². The van der Waals surface area contributed by atoms with Crippen LogP contribution in [0.4, 0.5) is 0 Å². The fourth-order valence-corrected chi connectivity index (χ4v) is 4.32. The van der Waals surface area contributed by atoms with E-state index in [-0.39, 0.29) is 22.4 Å². The van der Waals surface area contributed by atoms with Crippen molar-refractivity contribution in [3.05, 3.63) is 70.0 Å². The second kappa shape index (κ2) is 7.50. The Balaban J connectivity index is 2.00. The zero-order valence-corrected chi connectivity index (χ0v) is 17.7. The molecule has 1 atom stereocenters. The van der Waals surface area contributed by atoms with Crippen molar-refractivity contribution in [1.82, 2.24) is 9.88 Å². The number of aryl methyl sites for hydroxylation is 1. The quantitative estimate of drug-likeness (QED) is 0.431. The van der Waals surface area contributed by atoms with E-state index in [4.69, 9.17) is 0 Å². The zero-order chi connectivity index (χ0) is 21.6. The minimum absolute atomic E-state index is 0.0737. The van der Waals surface area contributed by atoms with E-state index in [9.17, 15) is 15.0 Å². The van der Waals surface area contributed by atoms with Crippen molar-refractivity contribution in [2.45, 2.75) is 19.8 Å². The summed E-state index contributed by atoms with van der Waals surface area (Å²) in [4.78, 5) is 17.7. The number of aromatic hydroxyl groups is 2. The van der Waals surface area contributed by atoms with Gasteiger partial charge in [0.2, 0.25) is 0 Å². The number of phenolic OH excluding ortho intramolecular Hbond substituents is 2. The third-order valence-corrected chi connectivity index (χ3v) is 5.69. The molecule has 5 nitrogen and oxygen atoms in total. The SMILES string of the molecule is Cc1cc(O)c(-c2ccc([C@@H](C)CN(C)C)cc2)c2c1[nH]c(=O)c1c(O)cccc12. The Morgan fingerprint density at radius 2 is 1.70 bits per heavy atom. The molecule has 4 rings (SSSR count). The Kier molecular flexibility index (Phi) is 5.00. The van der Waals surface area contributed by atoms with Crippen LogP contribution in [0.3, 0.4) is 0 Å². The summed E-state index contributed by atoms with van der Waals surface area (Å²) < 4.78 is 0. The van der Waals surface area contributed by atoms with Crippen molar-refractivity contribution >= 4 is 21.7 Å². The van der Waals surface area contributed by atoms with E-state index in [1.54, 1.807) is 12.1 Å². The van der Waals surface area contributed by atoms with Crippen molar-refractivity contribution in [3.63, 3.8) is 0 Å². The van der Waals surface area contributed by atoms with Crippen LogP contribution in [-0.2, 0) is 0 Å². The molecular weight excluding hydrogens is 376 g/mol. The van der Waals surface area contributed by atoms with E-state index >= 15 is 0 Å². The predicted octanol–water partition coefficient (Wildman–Crippen LogP) is 4.73. The van der Waals surface area contributed by atoms with Crippen molar-refractivity contribution in [2.75, 3.05) is 20.6 Å². The summed E-state index contributed by atoms with van der Waals surface area (Å²) in [5, 5.41) is 22.7. The first-order valence-electron chi connectivity index (χ1n) is 10.0. The molecule has 0 radical (unpaired) electrons. The number of hydrogen-bond acceptors (Lipinski definition) is 4. The van der Waals surface area contributed by atoms with Crippen LogP contribution in [0, 0.1) is 6.92 Å². The molecule has 0 saturated carbocycles. The molecule has 30 heavy (non-hydrogen) atoms. The summed E-state index contributed by atoms with van der Waals surface area (Å²) in [6, 6.07) is 14.9. The highest BCUT2D eigenvalue weighted by atomic mass is 16.3. The molecule has 0 aliphatic heterocycles.